The Labute approximate surface area is 174 Å². The summed E-state index contributed by atoms with van der Waals surface area (Å²) in [5.41, 5.74) is 1.22. The van der Waals surface area contributed by atoms with E-state index in [-0.39, 0.29) is 17.8 Å². The van der Waals surface area contributed by atoms with Gasteiger partial charge < -0.3 is 9.84 Å². The van der Waals surface area contributed by atoms with Crippen LogP contribution in [0.15, 0.2) is 34.5 Å². The van der Waals surface area contributed by atoms with Gasteiger partial charge in [0, 0.05) is 35.4 Å². The van der Waals surface area contributed by atoms with Gasteiger partial charge in [0.2, 0.25) is 0 Å². The van der Waals surface area contributed by atoms with E-state index in [4.69, 9.17) is 4.74 Å². The number of ether oxygens (including phenoxy) is 1. The molecule has 0 saturated heterocycles. The number of carbonyl (C=O) groups is 2. The number of aliphatic imine (C=N–C) groups is 1. The molecule has 1 N–H and O–H groups in total. The van der Waals surface area contributed by atoms with Crippen molar-refractivity contribution in [2.45, 2.75) is 52.9 Å². The summed E-state index contributed by atoms with van der Waals surface area (Å²) < 4.78 is 5.37. The van der Waals surface area contributed by atoms with E-state index in [0.717, 1.165) is 0 Å². The molecule has 0 amide bonds. The van der Waals surface area contributed by atoms with Crippen LogP contribution in [0.3, 0.4) is 0 Å². The monoisotopic (exact) mass is 414 g/mol. The minimum atomic E-state index is -0.857. The van der Waals surface area contributed by atoms with E-state index in [9.17, 15) is 24.8 Å². The van der Waals surface area contributed by atoms with Gasteiger partial charge in [0.15, 0.2) is 11.5 Å². The van der Waals surface area contributed by atoms with E-state index < -0.39 is 34.2 Å². The number of aromatic hydroxyl groups is 1. The average Bonchev–Trinajstić information content (AvgIpc) is 2.64. The molecular weight excluding hydrogens is 388 g/mol. The predicted molar refractivity (Wildman–Crippen MR) is 110 cm³/mol. The summed E-state index contributed by atoms with van der Waals surface area (Å²) in [7, 11) is 0. The number of esters is 1. The molecule has 3 rings (SSSR count). The van der Waals surface area contributed by atoms with Crippen molar-refractivity contribution in [3.05, 3.63) is 45.1 Å². The van der Waals surface area contributed by atoms with Crippen molar-refractivity contribution in [2.24, 2.45) is 16.3 Å². The molecule has 30 heavy (non-hydrogen) atoms. The summed E-state index contributed by atoms with van der Waals surface area (Å²) in [6.45, 7) is 7.81. The molecule has 1 aliphatic carbocycles. The molecule has 1 aliphatic heterocycles. The number of nitrogens with zero attached hydrogens (tertiary/aromatic N) is 2. The van der Waals surface area contributed by atoms with E-state index in [1.807, 2.05) is 20.8 Å². The quantitative estimate of drug-likeness (QED) is 0.441. The Morgan fingerprint density at radius 3 is 2.70 bits per heavy atom. The van der Waals surface area contributed by atoms with Crippen molar-refractivity contribution in [2.75, 3.05) is 6.61 Å². The lowest BCUT2D eigenvalue weighted by Gasteiger charge is -2.38. The van der Waals surface area contributed by atoms with E-state index in [0.29, 0.717) is 41.8 Å². The van der Waals surface area contributed by atoms with E-state index in [1.54, 1.807) is 6.92 Å². The summed E-state index contributed by atoms with van der Waals surface area (Å²) in [5.74, 6) is -2.70. The number of phenolic OH excluding ortho intramolecular Hbond substituents is 1. The second-order valence-corrected chi connectivity index (χ2v) is 8.68. The largest absolute Gasteiger partial charge is 0.502 e. The molecule has 1 aromatic rings. The minimum absolute atomic E-state index is 0.119. The predicted octanol–water partition coefficient (Wildman–Crippen LogP) is 4.07. The Morgan fingerprint density at radius 1 is 1.37 bits per heavy atom. The highest BCUT2D eigenvalue weighted by molar-refractivity contribution is 6.09. The molecule has 0 spiro atoms. The maximum atomic E-state index is 13.1. The first-order chi connectivity index (χ1) is 14.1. The number of hydrogen-bond donors (Lipinski definition) is 1. The highest BCUT2D eigenvalue weighted by atomic mass is 16.6. The van der Waals surface area contributed by atoms with Crippen molar-refractivity contribution >= 4 is 23.2 Å². The van der Waals surface area contributed by atoms with Crippen LogP contribution in [0.1, 0.15) is 58.4 Å². The lowest BCUT2D eigenvalue weighted by Crippen LogP contribution is -2.39. The van der Waals surface area contributed by atoms with Gasteiger partial charge in [-0.2, -0.15) is 0 Å². The number of Topliss-reactive ketones (excluding diaryl/α,β-unsaturated/α-hetero) is 1. The van der Waals surface area contributed by atoms with Crippen LogP contribution in [0.25, 0.3) is 0 Å². The maximum absolute atomic E-state index is 13.1. The van der Waals surface area contributed by atoms with Gasteiger partial charge in [0.05, 0.1) is 11.5 Å². The van der Waals surface area contributed by atoms with Gasteiger partial charge in [-0.25, -0.2) is 0 Å². The second-order valence-electron chi connectivity index (χ2n) is 8.68. The summed E-state index contributed by atoms with van der Waals surface area (Å²) in [6.07, 6.45) is 1.51. The Morgan fingerprint density at radius 2 is 2.07 bits per heavy atom. The van der Waals surface area contributed by atoms with Gasteiger partial charge in [-0.1, -0.05) is 26.8 Å². The Hall–Kier alpha value is -3.03. The van der Waals surface area contributed by atoms with Crippen LogP contribution >= 0.6 is 0 Å². The van der Waals surface area contributed by atoms with Crippen LogP contribution < -0.4 is 0 Å². The van der Waals surface area contributed by atoms with Crippen LogP contribution in [-0.2, 0) is 14.3 Å². The minimum Gasteiger partial charge on any atom is -0.502 e. The fourth-order valence-electron chi connectivity index (χ4n) is 4.28. The Bertz CT molecular complexity index is 976. The first-order valence-corrected chi connectivity index (χ1v) is 10.0. The summed E-state index contributed by atoms with van der Waals surface area (Å²) >= 11 is 0. The smallest absolute Gasteiger partial charge is 0.315 e. The molecule has 8 nitrogen and oxygen atoms in total. The van der Waals surface area contributed by atoms with Crippen LogP contribution in [-0.4, -0.2) is 34.1 Å². The lowest BCUT2D eigenvalue weighted by atomic mass is 9.67. The Balaban J connectivity index is 2.19. The number of nitro groups is 1. The fourth-order valence-corrected chi connectivity index (χ4v) is 4.28. The van der Waals surface area contributed by atoms with E-state index in [2.05, 4.69) is 4.99 Å². The molecule has 0 radical (unpaired) electrons. The zero-order chi connectivity index (χ0) is 22.2. The second kappa shape index (κ2) is 8.01. The lowest BCUT2D eigenvalue weighted by molar-refractivity contribution is -0.385. The van der Waals surface area contributed by atoms with Gasteiger partial charge in [-0.15, -0.1) is 0 Å². The summed E-state index contributed by atoms with van der Waals surface area (Å²) in [5, 5.41) is 21.2. The zero-order valence-corrected chi connectivity index (χ0v) is 17.6. The molecule has 0 aromatic heterocycles. The SMILES string of the molecule is CCCOC(=O)C1C(C)=NC2=C(C(=O)CC(C)(C)C2)[C@H]1c1ccc(O)c([N+](=O)[O-])c1. The van der Waals surface area contributed by atoms with Crippen molar-refractivity contribution in [1.29, 1.82) is 0 Å². The molecule has 1 heterocycles. The van der Waals surface area contributed by atoms with Crippen molar-refractivity contribution in [3.63, 3.8) is 0 Å². The fraction of sp³-hybridized carbons (Fsp3) is 0.500. The van der Waals surface area contributed by atoms with Crippen molar-refractivity contribution < 1.29 is 24.4 Å². The highest BCUT2D eigenvalue weighted by Crippen LogP contribution is 2.48. The molecule has 1 aromatic carbocycles. The van der Waals surface area contributed by atoms with Crippen LogP contribution in [0.5, 0.6) is 5.75 Å². The number of allylic oxidation sites excluding steroid dienone is 2. The molecule has 0 saturated carbocycles. The first kappa shape index (κ1) is 21.7. The van der Waals surface area contributed by atoms with Crippen LogP contribution in [0.2, 0.25) is 0 Å². The van der Waals surface area contributed by atoms with Gasteiger partial charge in [0.1, 0.15) is 5.92 Å². The normalized spacial score (nSPS) is 22.9. The standard InChI is InChI=1S/C22H26N2O6/c1-5-8-30-21(27)18-12(2)23-14-10-22(3,4)11-17(26)20(14)19(18)13-6-7-16(25)15(9-13)24(28)29/h6-7,9,18-19,25H,5,8,10-11H2,1-4H3/t18?,19-/m0/s1. The first-order valence-electron chi connectivity index (χ1n) is 10.0. The molecule has 0 bridgehead atoms. The molecule has 2 atom stereocenters. The molecule has 2 aliphatic rings. The third-order valence-corrected chi connectivity index (χ3v) is 5.56. The Kier molecular flexibility index (Phi) is 5.78. The van der Waals surface area contributed by atoms with Gasteiger partial charge in [-0.3, -0.25) is 24.7 Å². The summed E-state index contributed by atoms with van der Waals surface area (Å²) in [6, 6.07) is 3.97. The third kappa shape index (κ3) is 3.99. The number of carbonyl (C=O) groups excluding carboxylic acids is 2. The van der Waals surface area contributed by atoms with Crippen molar-refractivity contribution in [1.82, 2.24) is 0 Å². The van der Waals surface area contributed by atoms with Gasteiger partial charge >= 0.3 is 11.7 Å². The number of hydrogen-bond acceptors (Lipinski definition) is 7. The third-order valence-electron chi connectivity index (χ3n) is 5.56. The number of rotatable bonds is 5. The van der Waals surface area contributed by atoms with E-state index in [1.165, 1.54) is 18.2 Å². The number of phenols is 1. The summed E-state index contributed by atoms with van der Waals surface area (Å²) in [4.78, 5) is 41.3. The van der Waals surface area contributed by atoms with Gasteiger partial charge in [-0.05, 0) is 36.8 Å². The highest BCUT2D eigenvalue weighted by Gasteiger charge is 2.46. The molecule has 8 heteroatoms. The molecular formula is C22H26N2O6. The number of nitro benzene ring substituents is 1. The average molecular weight is 414 g/mol. The van der Waals surface area contributed by atoms with Gasteiger partial charge in [0.25, 0.3) is 0 Å². The van der Waals surface area contributed by atoms with E-state index >= 15 is 0 Å². The molecule has 0 fully saturated rings. The number of ketones is 1. The molecule has 1 unspecified atom stereocenters. The molecule has 160 valence electrons. The van der Waals surface area contributed by atoms with Crippen LogP contribution in [0.4, 0.5) is 5.69 Å². The van der Waals surface area contributed by atoms with Crippen molar-refractivity contribution in [3.8, 4) is 5.75 Å². The maximum Gasteiger partial charge on any atom is 0.315 e. The number of benzene rings is 1. The van der Waals surface area contributed by atoms with Crippen LogP contribution in [0, 0.1) is 21.4 Å². The zero-order valence-electron chi connectivity index (χ0n) is 17.6. The topological polar surface area (TPSA) is 119 Å².